The molecule has 1 aliphatic heterocycles. The molecule has 0 aliphatic carbocycles. The highest BCUT2D eigenvalue weighted by atomic mass is 16.5. The Hall–Kier alpha value is -2.53. The average molecular weight is 341 g/mol. The van der Waals surface area contributed by atoms with Gasteiger partial charge in [-0.15, -0.1) is 0 Å². The van der Waals surface area contributed by atoms with Gasteiger partial charge in [0.1, 0.15) is 11.5 Å². The van der Waals surface area contributed by atoms with E-state index in [9.17, 15) is 9.90 Å². The number of carboxylic acids is 1. The third kappa shape index (κ3) is 3.33. The zero-order chi connectivity index (χ0) is 18.0. The summed E-state index contributed by atoms with van der Waals surface area (Å²) in [5.41, 5.74) is 2.02. The van der Waals surface area contributed by atoms with E-state index in [1.54, 1.807) is 14.2 Å². The molecule has 0 amide bonds. The van der Waals surface area contributed by atoms with E-state index < -0.39 is 11.9 Å². The van der Waals surface area contributed by atoms with Gasteiger partial charge in [-0.05, 0) is 42.4 Å². The molecule has 0 radical (unpaired) electrons. The molecule has 1 fully saturated rings. The molecule has 1 saturated heterocycles. The summed E-state index contributed by atoms with van der Waals surface area (Å²) in [7, 11) is 5.23. The summed E-state index contributed by atoms with van der Waals surface area (Å²) >= 11 is 0. The normalized spacial score (nSPS) is 23.4. The van der Waals surface area contributed by atoms with Crippen molar-refractivity contribution in [1.82, 2.24) is 4.90 Å². The monoisotopic (exact) mass is 341 g/mol. The number of likely N-dealkylation sites (tertiary alicyclic amines) is 1. The largest absolute Gasteiger partial charge is 0.497 e. The fourth-order valence-electron chi connectivity index (χ4n) is 3.77. The molecule has 0 spiro atoms. The van der Waals surface area contributed by atoms with E-state index in [1.165, 1.54) is 0 Å². The summed E-state index contributed by atoms with van der Waals surface area (Å²) < 4.78 is 10.4. The highest BCUT2D eigenvalue weighted by Gasteiger charge is 2.45. The number of methoxy groups -OCH3 is 2. The lowest BCUT2D eigenvalue weighted by molar-refractivity contribution is -0.143. The summed E-state index contributed by atoms with van der Waals surface area (Å²) in [5, 5.41) is 9.92. The number of aliphatic carboxylic acids is 1. The molecule has 0 bridgehead atoms. The number of hydrogen-bond donors (Lipinski definition) is 1. The van der Waals surface area contributed by atoms with Crippen molar-refractivity contribution in [3.05, 3.63) is 59.7 Å². The number of likely N-dealkylation sites (N-methyl/N-ethyl adjacent to an activating group) is 1. The number of carboxylic acid groups (broad SMARTS) is 1. The van der Waals surface area contributed by atoms with Gasteiger partial charge < -0.3 is 14.6 Å². The van der Waals surface area contributed by atoms with E-state index in [4.69, 9.17) is 9.47 Å². The Balaban J connectivity index is 1.94. The van der Waals surface area contributed by atoms with Crippen LogP contribution < -0.4 is 9.47 Å². The molecule has 3 unspecified atom stereocenters. The Labute approximate surface area is 147 Å². The van der Waals surface area contributed by atoms with Crippen LogP contribution in [0, 0.1) is 5.92 Å². The smallest absolute Gasteiger partial charge is 0.309 e. The van der Waals surface area contributed by atoms with Crippen LogP contribution in [0.2, 0.25) is 0 Å². The lowest BCUT2D eigenvalue weighted by Crippen LogP contribution is -2.26. The summed E-state index contributed by atoms with van der Waals surface area (Å²) in [6, 6.07) is 15.2. The molecule has 0 aromatic heterocycles. The van der Waals surface area contributed by atoms with Crippen molar-refractivity contribution in [1.29, 1.82) is 0 Å². The highest BCUT2D eigenvalue weighted by molar-refractivity contribution is 5.73. The SMILES string of the molecule is COc1ccc(C2CN(C)C(c3ccc(OC)cc3)C2C(=O)O)cc1. The maximum atomic E-state index is 12.1. The molecule has 3 atom stereocenters. The highest BCUT2D eigenvalue weighted by Crippen LogP contribution is 2.45. The van der Waals surface area contributed by atoms with Crippen LogP contribution in [-0.4, -0.2) is 43.8 Å². The minimum absolute atomic E-state index is 0.0690. The third-order valence-electron chi connectivity index (χ3n) is 5.02. The van der Waals surface area contributed by atoms with Gasteiger partial charge in [0.15, 0.2) is 0 Å². The Kier molecular flexibility index (Phi) is 4.95. The molecule has 0 saturated carbocycles. The molecule has 1 aliphatic rings. The molecule has 5 nitrogen and oxygen atoms in total. The fourth-order valence-corrected chi connectivity index (χ4v) is 3.77. The molecule has 5 heteroatoms. The minimum Gasteiger partial charge on any atom is -0.497 e. The lowest BCUT2D eigenvalue weighted by Gasteiger charge is -2.24. The van der Waals surface area contributed by atoms with Crippen molar-refractivity contribution in [3.8, 4) is 11.5 Å². The lowest BCUT2D eigenvalue weighted by atomic mass is 9.83. The Morgan fingerprint density at radius 1 is 0.960 bits per heavy atom. The summed E-state index contributed by atoms with van der Waals surface area (Å²) in [6.07, 6.45) is 0. The summed E-state index contributed by atoms with van der Waals surface area (Å²) in [5.74, 6) is 0.190. The van der Waals surface area contributed by atoms with Gasteiger partial charge in [-0.25, -0.2) is 0 Å². The van der Waals surface area contributed by atoms with Crippen molar-refractivity contribution in [2.75, 3.05) is 27.8 Å². The van der Waals surface area contributed by atoms with Crippen LogP contribution >= 0.6 is 0 Å². The zero-order valence-electron chi connectivity index (χ0n) is 14.7. The van der Waals surface area contributed by atoms with Crippen LogP contribution in [0.15, 0.2) is 48.5 Å². The predicted molar refractivity (Wildman–Crippen MR) is 95.2 cm³/mol. The first-order chi connectivity index (χ1) is 12.0. The number of nitrogens with zero attached hydrogens (tertiary/aromatic N) is 1. The number of rotatable bonds is 5. The topological polar surface area (TPSA) is 59.0 Å². The molecular formula is C20H23NO4. The van der Waals surface area contributed by atoms with Gasteiger partial charge in [-0.3, -0.25) is 9.69 Å². The second kappa shape index (κ2) is 7.15. The third-order valence-corrected chi connectivity index (χ3v) is 5.02. The summed E-state index contributed by atoms with van der Waals surface area (Å²) in [6.45, 7) is 0.694. The van der Waals surface area contributed by atoms with Crippen LogP contribution in [0.3, 0.4) is 0 Å². The zero-order valence-corrected chi connectivity index (χ0v) is 14.7. The first-order valence-corrected chi connectivity index (χ1v) is 8.26. The molecular weight excluding hydrogens is 318 g/mol. The number of hydrogen-bond acceptors (Lipinski definition) is 4. The minimum atomic E-state index is -0.772. The Bertz CT molecular complexity index is 726. The van der Waals surface area contributed by atoms with Gasteiger partial charge in [0.25, 0.3) is 0 Å². The van der Waals surface area contributed by atoms with E-state index in [0.29, 0.717) is 6.54 Å². The second-order valence-corrected chi connectivity index (χ2v) is 6.40. The van der Waals surface area contributed by atoms with E-state index in [1.807, 2.05) is 55.6 Å². The van der Waals surface area contributed by atoms with E-state index >= 15 is 0 Å². The van der Waals surface area contributed by atoms with Crippen LogP contribution in [0.4, 0.5) is 0 Å². The fraction of sp³-hybridized carbons (Fsp3) is 0.350. The van der Waals surface area contributed by atoms with Gasteiger partial charge in [0, 0.05) is 18.5 Å². The standard InChI is InChI=1S/C20H23NO4/c1-21-12-17(13-4-8-15(24-2)9-5-13)18(20(22)23)19(21)14-6-10-16(25-3)11-7-14/h4-11,17-19H,12H2,1-3H3,(H,22,23). The van der Waals surface area contributed by atoms with Crippen molar-refractivity contribution in [2.24, 2.45) is 5.92 Å². The van der Waals surface area contributed by atoms with Crippen molar-refractivity contribution in [3.63, 3.8) is 0 Å². The van der Waals surface area contributed by atoms with Gasteiger partial charge >= 0.3 is 5.97 Å². The van der Waals surface area contributed by atoms with Crippen molar-refractivity contribution < 1.29 is 19.4 Å². The van der Waals surface area contributed by atoms with E-state index in [0.717, 1.165) is 22.6 Å². The van der Waals surface area contributed by atoms with Gasteiger partial charge in [0.2, 0.25) is 0 Å². The Morgan fingerprint density at radius 2 is 1.44 bits per heavy atom. The van der Waals surface area contributed by atoms with Crippen LogP contribution in [-0.2, 0) is 4.79 Å². The van der Waals surface area contributed by atoms with Crippen LogP contribution in [0.5, 0.6) is 11.5 Å². The molecule has 1 heterocycles. The molecule has 2 aromatic rings. The van der Waals surface area contributed by atoms with Crippen LogP contribution in [0.25, 0.3) is 0 Å². The molecule has 2 aromatic carbocycles. The van der Waals surface area contributed by atoms with Gasteiger partial charge in [0.05, 0.1) is 20.1 Å². The molecule has 132 valence electrons. The van der Waals surface area contributed by atoms with Crippen molar-refractivity contribution >= 4 is 5.97 Å². The maximum absolute atomic E-state index is 12.1. The van der Waals surface area contributed by atoms with Gasteiger partial charge in [-0.2, -0.15) is 0 Å². The Morgan fingerprint density at radius 3 is 1.88 bits per heavy atom. The average Bonchev–Trinajstić information content (AvgIpc) is 2.99. The van der Waals surface area contributed by atoms with E-state index in [-0.39, 0.29) is 12.0 Å². The van der Waals surface area contributed by atoms with E-state index in [2.05, 4.69) is 4.90 Å². The maximum Gasteiger partial charge on any atom is 0.309 e. The van der Waals surface area contributed by atoms with Crippen molar-refractivity contribution in [2.45, 2.75) is 12.0 Å². The summed E-state index contributed by atoms with van der Waals surface area (Å²) in [4.78, 5) is 14.2. The molecule has 1 N–H and O–H groups in total. The van der Waals surface area contributed by atoms with Crippen LogP contribution in [0.1, 0.15) is 23.1 Å². The first-order valence-electron chi connectivity index (χ1n) is 8.26. The number of carbonyl (C=O) groups is 1. The second-order valence-electron chi connectivity index (χ2n) is 6.40. The first kappa shape index (κ1) is 17.3. The molecule has 25 heavy (non-hydrogen) atoms. The van der Waals surface area contributed by atoms with Gasteiger partial charge in [-0.1, -0.05) is 24.3 Å². The molecule has 3 rings (SSSR count). The quantitative estimate of drug-likeness (QED) is 0.905. The number of ether oxygens (including phenoxy) is 2. The number of benzene rings is 2. The predicted octanol–water partition coefficient (Wildman–Crippen LogP) is 3.17.